The summed E-state index contributed by atoms with van der Waals surface area (Å²) in [6, 6.07) is 18.8. The quantitative estimate of drug-likeness (QED) is 0.669. The number of nitrogens with zero attached hydrogens (tertiary/aromatic N) is 4. The zero-order valence-corrected chi connectivity index (χ0v) is 16.0. The summed E-state index contributed by atoms with van der Waals surface area (Å²) < 4.78 is 5.27. The number of carbonyl (C=O) groups excluding carboxylic acids is 2. The Balaban J connectivity index is 1.26. The second-order valence-corrected chi connectivity index (χ2v) is 6.92. The van der Waals surface area contributed by atoms with Gasteiger partial charge in [-0.2, -0.15) is 4.98 Å². The van der Waals surface area contributed by atoms with E-state index in [0.29, 0.717) is 56.3 Å². The van der Waals surface area contributed by atoms with Crippen LogP contribution in [-0.2, 0) is 11.2 Å². The molecule has 2 heterocycles. The maximum atomic E-state index is 12.5. The zero-order valence-electron chi connectivity index (χ0n) is 16.0. The second-order valence-electron chi connectivity index (χ2n) is 6.92. The van der Waals surface area contributed by atoms with Gasteiger partial charge < -0.3 is 14.3 Å². The fourth-order valence-corrected chi connectivity index (χ4v) is 3.36. The lowest BCUT2D eigenvalue weighted by atomic mass is 10.1. The average molecular weight is 390 g/mol. The molecule has 0 radical (unpaired) electrons. The molecule has 3 aromatic rings. The lowest BCUT2D eigenvalue weighted by Crippen LogP contribution is -2.50. The smallest absolute Gasteiger partial charge is 0.253 e. The summed E-state index contributed by atoms with van der Waals surface area (Å²) in [6.07, 6.45) is 0.713. The number of piperazine rings is 1. The summed E-state index contributed by atoms with van der Waals surface area (Å²) in [5.74, 6) is 1.03. The van der Waals surface area contributed by atoms with Crippen LogP contribution in [0.5, 0.6) is 0 Å². The van der Waals surface area contributed by atoms with Crippen molar-refractivity contribution in [2.24, 2.45) is 0 Å². The summed E-state index contributed by atoms with van der Waals surface area (Å²) in [6.45, 7) is 2.16. The molecule has 0 spiro atoms. The molecule has 148 valence electrons. The van der Waals surface area contributed by atoms with Gasteiger partial charge in [-0.25, -0.2) is 0 Å². The summed E-state index contributed by atoms with van der Waals surface area (Å²) in [7, 11) is 0. The van der Waals surface area contributed by atoms with E-state index in [1.165, 1.54) is 0 Å². The number of amides is 2. The van der Waals surface area contributed by atoms with Gasteiger partial charge in [0.2, 0.25) is 17.6 Å². The van der Waals surface area contributed by atoms with E-state index in [4.69, 9.17) is 4.52 Å². The number of hydrogen-bond donors (Lipinski definition) is 0. The van der Waals surface area contributed by atoms with E-state index in [2.05, 4.69) is 10.1 Å². The Labute approximate surface area is 168 Å². The first-order valence-corrected chi connectivity index (χ1v) is 9.71. The van der Waals surface area contributed by atoms with Gasteiger partial charge in [-0.05, 0) is 12.1 Å². The fourth-order valence-electron chi connectivity index (χ4n) is 3.36. The molecule has 2 aromatic carbocycles. The Bertz CT molecular complexity index is 964. The molecule has 0 saturated carbocycles. The maximum Gasteiger partial charge on any atom is 0.253 e. The average Bonchev–Trinajstić information content (AvgIpc) is 3.27. The van der Waals surface area contributed by atoms with E-state index in [-0.39, 0.29) is 11.8 Å². The van der Waals surface area contributed by atoms with E-state index in [0.717, 1.165) is 5.56 Å². The van der Waals surface area contributed by atoms with Crippen molar-refractivity contribution >= 4 is 11.8 Å². The maximum absolute atomic E-state index is 12.5. The molecule has 1 aliphatic rings. The predicted molar refractivity (Wildman–Crippen MR) is 107 cm³/mol. The molecule has 1 saturated heterocycles. The second kappa shape index (κ2) is 8.68. The third kappa shape index (κ3) is 4.51. The van der Waals surface area contributed by atoms with Crippen LogP contribution in [0.3, 0.4) is 0 Å². The van der Waals surface area contributed by atoms with Gasteiger partial charge >= 0.3 is 0 Å². The van der Waals surface area contributed by atoms with Gasteiger partial charge in [0.15, 0.2) is 0 Å². The van der Waals surface area contributed by atoms with Crippen LogP contribution < -0.4 is 0 Å². The lowest BCUT2D eigenvalue weighted by Gasteiger charge is -2.34. The molecule has 1 fully saturated rings. The molecular weight excluding hydrogens is 368 g/mol. The number of aromatic nitrogens is 2. The first-order valence-electron chi connectivity index (χ1n) is 9.71. The first kappa shape index (κ1) is 18.9. The number of benzene rings is 2. The van der Waals surface area contributed by atoms with Gasteiger partial charge in [-0.1, -0.05) is 53.7 Å². The summed E-state index contributed by atoms with van der Waals surface area (Å²) >= 11 is 0. The van der Waals surface area contributed by atoms with Crippen molar-refractivity contribution < 1.29 is 14.1 Å². The molecule has 4 rings (SSSR count). The first-order chi connectivity index (χ1) is 14.2. The van der Waals surface area contributed by atoms with Crippen LogP contribution in [0.4, 0.5) is 0 Å². The third-order valence-corrected chi connectivity index (χ3v) is 4.99. The standard InChI is InChI=1S/C22H22N4O3/c27-20(12-11-19-23-21(24-29-19)17-7-3-1-4-8-17)25-13-15-26(16-14-25)22(28)18-9-5-2-6-10-18/h1-10H,11-16H2. The van der Waals surface area contributed by atoms with Crippen LogP contribution in [-0.4, -0.2) is 57.9 Å². The molecular formula is C22H22N4O3. The lowest BCUT2D eigenvalue weighted by molar-refractivity contribution is -0.132. The molecule has 0 aliphatic carbocycles. The molecule has 2 amide bonds. The predicted octanol–water partition coefficient (Wildman–Crippen LogP) is 2.65. The van der Waals surface area contributed by atoms with Crippen LogP contribution in [0.25, 0.3) is 11.4 Å². The summed E-state index contributed by atoms with van der Waals surface area (Å²) in [5.41, 5.74) is 1.56. The molecule has 0 bridgehead atoms. The third-order valence-electron chi connectivity index (χ3n) is 4.99. The molecule has 29 heavy (non-hydrogen) atoms. The van der Waals surface area contributed by atoms with Crippen LogP contribution >= 0.6 is 0 Å². The zero-order chi connectivity index (χ0) is 20.1. The normalized spacial score (nSPS) is 14.1. The Morgan fingerprint density at radius 2 is 1.48 bits per heavy atom. The number of rotatable bonds is 5. The molecule has 0 unspecified atom stereocenters. The number of aryl methyl sites for hydroxylation is 1. The summed E-state index contributed by atoms with van der Waals surface area (Å²) in [4.78, 5) is 33.0. The van der Waals surface area contributed by atoms with Crippen molar-refractivity contribution in [3.63, 3.8) is 0 Å². The van der Waals surface area contributed by atoms with Crippen LogP contribution in [0.2, 0.25) is 0 Å². The largest absolute Gasteiger partial charge is 0.339 e. The van der Waals surface area contributed by atoms with E-state index >= 15 is 0 Å². The van der Waals surface area contributed by atoms with E-state index in [1.807, 2.05) is 60.7 Å². The monoisotopic (exact) mass is 390 g/mol. The Hall–Kier alpha value is -3.48. The van der Waals surface area contributed by atoms with E-state index in [1.54, 1.807) is 9.80 Å². The highest BCUT2D eigenvalue weighted by Gasteiger charge is 2.25. The highest BCUT2D eigenvalue weighted by molar-refractivity contribution is 5.94. The van der Waals surface area contributed by atoms with Crippen molar-refractivity contribution in [3.05, 3.63) is 72.1 Å². The van der Waals surface area contributed by atoms with Crippen molar-refractivity contribution in [1.29, 1.82) is 0 Å². The van der Waals surface area contributed by atoms with Gasteiger partial charge in [0.05, 0.1) is 0 Å². The Morgan fingerprint density at radius 1 is 0.862 bits per heavy atom. The molecule has 7 nitrogen and oxygen atoms in total. The fraction of sp³-hybridized carbons (Fsp3) is 0.273. The highest BCUT2D eigenvalue weighted by Crippen LogP contribution is 2.16. The van der Waals surface area contributed by atoms with Gasteiger partial charge in [0, 0.05) is 50.1 Å². The van der Waals surface area contributed by atoms with Gasteiger partial charge in [0.1, 0.15) is 0 Å². The van der Waals surface area contributed by atoms with Crippen LogP contribution in [0.1, 0.15) is 22.7 Å². The Kier molecular flexibility index (Phi) is 5.65. The molecule has 0 atom stereocenters. The van der Waals surface area contributed by atoms with Crippen molar-refractivity contribution in [1.82, 2.24) is 19.9 Å². The minimum atomic E-state index is 0.0111. The van der Waals surface area contributed by atoms with Crippen LogP contribution in [0.15, 0.2) is 65.2 Å². The molecule has 0 N–H and O–H groups in total. The topological polar surface area (TPSA) is 79.5 Å². The minimum Gasteiger partial charge on any atom is -0.339 e. The van der Waals surface area contributed by atoms with Gasteiger partial charge in [0.25, 0.3) is 5.91 Å². The van der Waals surface area contributed by atoms with Gasteiger partial charge in [-0.3, -0.25) is 9.59 Å². The summed E-state index contributed by atoms with van der Waals surface area (Å²) in [5, 5.41) is 3.98. The molecule has 1 aliphatic heterocycles. The SMILES string of the molecule is O=C(CCc1nc(-c2ccccc2)no1)N1CCN(C(=O)c2ccccc2)CC1. The van der Waals surface area contributed by atoms with Crippen molar-refractivity contribution in [2.45, 2.75) is 12.8 Å². The van der Waals surface area contributed by atoms with E-state index < -0.39 is 0 Å². The van der Waals surface area contributed by atoms with Crippen LogP contribution in [0, 0.1) is 0 Å². The highest BCUT2D eigenvalue weighted by atomic mass is 16.5. The van der Waals surface area contributed by atoms with E-state index in [9.17, 15) is 9.59 Å². The minimum absolute atomic E-state index is 0.0111. The van der Waals surface area contributed by atoms with Crippen molar-refractivity contribution in [3.8, 4) is 11.4 Å². The number of hydrogen-bond acceptors (Lipinski definition) is 5. The number of carbonyl (C=O) groups is 2. The Morgan fingerprint density at radius 3 is 2.17 bits per heavy atom. The van der Waals surface area contributed by atoms with Crippen molar-refractivity contribution in [2.75, 3.05) is 26.2 Å². The molecule has 1 aromatic heterocycles. The van der Waals surface area contributed by atoms with Gasteiger partial charge in [-0.15, -0.1) is 0 Å². The molecule has 7 heteroatoms.